The van der Waals surface area contributed by atoms with Crippen molar-refractivity contribution in [1.82, 2.24) is 4.98 Å². The van der Waals surface area contributed by atoms with E-state index in [0.717, 1.165) is 0 Å². The first-order chi connectivity index (χ1) is 6.45. The Hall–Kier alpha value is -1.64. The fraction of sp³-hybridized carbons (Fsp3) is 0.250. The Morgan fingerprint density at radius 3 is 2.50 bits per heavy atom. The van der Waals surface area contributed by atoms with Crippen LogP contribution in [0.5, 0.6) is 0 Å². The zero-order valence-corrected chi connectivity index (χ0v) is 6.77. The molecule has 0 amide bonds. The van der Waals surface area contributed by atoms with Gasteiger partial charge in [0.15, 0.2) is 0 Å². The summed E-state index contributed by atoms with van der Waals surface area (Å²) in [6.07, 6.45) is -5.09. The second-order valence-electron chi connectivity index (χ2n) is 2.46. The molecule has 1 aromatic heterocycles. The predicted octanol–water partition coefficient (Wildman–Crippen LogP) is 2.31. The van der Waals surface area contributed by atoms with Gasteiger partial charge in [-0.15, -0.1) is 0 Å². The van der Waals surface area contributed by atoms with E-state index < -0.39 is 29.8 Å². The number of halogens is 4. The molecule has 0 radical (unpaired) electrons. The van der Waals surface area contributed by atoms with E-state index in [0.29, 0.717) is 12.1 Å². The first-order valence-corrected chi connectivity index (χ1v) is 3.54. The van der Waals surface area contributed by atoms with Crippen LogP contribution in [0.25, 0.3) is 0 Å². The SMILES string of the molecule is N#CCc1nc(C(F)(F)F)ccc1F. The van der Waals surface area contributed by atoms with Crippen LogP contribution < -0.4 is 0 Å². The van der Waals surface area contributed by atoms with Gasteiger partial charge in [0.1, 0.15) is 11.5 Å². The van der Waals surface area contributed by atoms with Gasteiger partial charge < -0.3 is 0 Å². The van der Waals surface area contributed by atoms with E-state index in [2.05, 4.69) is 4.98 Å². The van der Waals surface area contributed by atoms with Crippen molar-refractivity contribution in [3.05, 3.63) is 29.3 Å². The minimum atomic E-state index is -4.61. The van der Waals surface area contributed by atoms with Gasteiger partial charge in [0.2, 0.25) is 0 Å². The molecular weight excluding hydrogens is 200 g/mol. The van der Waals surface area contributed by atoms with Gasteiger partial charge in [0.25, 0.3) is 0 Å². The Labute approximate surface area is 76.8 Å². The van der Waals surface area contributed by atoms with Crippen molar-refractivity contribution < 1.29 is 17.6 Å². The molecule has 14 heavy (non-hydrogen) atoms. The summed E-state index contributed by atoms with van der Waals surface area (Å²) in [5, 5.41) is 8.20. The standard InChI is InChI=1S/C8H4F4N2/c9-5-1-2-7(8(10,11)12)14-6(5)3-4-13/h1-2H,3H2. The van der Waals surface area contributed by atoms with E-state index in [9.17, 15) is 17.6 Å². The monoisotopic (exact) mass is 204 g/mol. The Morgan fingerprint density at radius 1 is 1.36 bits per heavy atom. The van der Waals surface area contributed by atoms with Crippen molar-refractivity contribution in [1.29, 1.82) is 5.26 Å². The fourth-order valence-corrected chi connectivity index (χ4v) is 0.841. The number of nitrogens with zero attached hydrogens (tertiary/aromatic N) is 2. The smallest absolute Gasteiger partial charge is 0.244 e. The number of nitriles is 1. The van der Waals surface area contributed by atoms with Crippen LogP contribution in [0.2, 0.25) is 0 Å². The molecule has 6 heteroatoms. The number of pyridine rings is 1. The average molecular weight is 204 g/mol. The van der Waals surface area contributed by atoms with E-state index in [4.69, 9.17) is 5.26 Å². The minimum Gasteiger partial charge on any atom is -0.244 e. The second-order valence-corrected chi connectivity index (χ2v) is 2.46. The molecule has 0 saturated heterocycles. The number of hydrogen-bond acceptors (Lipinski definition) is 2. The molecule has 0 atom stereocenters. The quantitative estimate of drug-likeness (QED) is 0.658. The highest BCUT2D eigenvalue weighted by Gasteiger charge is 2.32. The third kappa shape index (κ3) is 2.19. The third-order valence-electron chi connectivity index (χ3n) is 1.46. The highest BCUT2D eigenvalue weighted by atomic mass is 19.4. The Kier molecular flexibility index (Phi) is 2.70. The highest BCUT2D eigenvalue weighted by Crippen LogP contribution is 2.27. The summed E-state index contributed by atoms with van der Waals surface area (Å²) < 4.78 is 49.0. The van der Waals surface area contributed by atoms with Gasteiger partial charge >= 0.3 is 6.18 Å². The molecule has 0 aromatic carbocycles. The fourth-order valence-electron chi connectivity index (χ4n) is 0.841. The first-order valence-electron chi connectivity index (χ1n) is 3.54. The summed E-state index contributed by atoms with van der Waals surface area (Å²) in [6.45, 7) is 0. The summed E-state index contributed by atoms with van der Waals surface area (Å²) in [6, 6.07) is 2.73. The topological polar surface area (TPSA) is 36.7 Å². The maximum atomic E-state index is 12.8. The van der Waals surface area contributed by atoms with Crippen LogP contribution in [0.4, 0.5) is 17.6 Å². The second kappa shape index (κ2) is 3.62. The van der Waals surface area contributed by atoms with Gasteiger partial charge in [-0.1, -0.05) is 0 Å². The lowest BCUT2D eigenvalue weighted by Gasteiger charge is -2.06. The lowest BCUT2D eigenvalue weighted by atomic mass is 10.2. The molecular formula is C8H4F4N2. The predicted molar refractivity (Wildman–Crippen MR) is 38.5 cm³/mol. The Balaban J connectivity index is 3.14. The summed E-state index contributed by atoms with van der Waals surface area (Å²) in [5.74, 6) is -0.903. The summed E-state index contributed by atoms with van der Waals surface area (Å²) >= 11 is 0. The van der Waals surface area contributed by atoms with Crippen molar-refractivity contribution in [3.63, 3.8) is 0 Å². The first kappa shape index (κ1) is 10.4. The van der Waals surface area contributed by atoms with Crippen LogP contribution in [0, 0.1) is 17.1 Å². The largest absolute Gasteiger partial charge is 0.433 e. The van der Waals surface area contributed by atoms with Crippen molar-refractivity contribution in [2.24, 2.45) is 0 Å². The molecule has 1 aromatic rings. The lowest BCUT2D eigenvalue weighted by molar-refractivity contribution is -0.141. The summed E-state index contributed by atoms with van der Waals surface area (Å²) in [7, 11) is 0. The number of aromatic nitrogens is 1. The third-order valence-corrected chi connectivity index (χ3v) is 1.46. The molecule has 0 saturated carbocycles. The van der Waals surface area contributed by atoms with Crippen molar-refractivity contribution in [2.75, 3.05) is 0 Å². The van der Waals surface area contributed by atoms with Crippen LogP contribution >= 0.6 is 0 Å². The van der Waals surface area contributed by atoms with Gasteiger partial charge in [-0.25, -0.2) is 9.37 Å². The molecule has 0 aliphatic carbocycles. The van der Waals surface area contributed by atoms with E-state index in [-0.39, 0.29) is 0 Å². The van der Waals surface area contributed by atoms with Crippen LogP contribution in [-0.2, 0) is 12.6 Å². The van der Waals surface area contributed by atoms with Crippen molar-refractivity contribution >= 4 is 0 Å². The zero-order valence-electron chi connectivity index (χ0n) is 6.77. The maximum Gasteiger partial charge on any atom is 0.433 e. The van der Waals surface area contributed by atoms with Crippen LogP contribution in [0.1, 0.15) is 11.4 Å². The van der Waals surface area contributed by atoms with Gasteiger partial charge in [-0.3, -0.25) is 0 Å². The van der Waals surface area contributed by atoms with Crippen molar-refractivity contribution in [2.45, 2.75) is 12.6 Å². The summed E-state index contributed by atoms with van der Waals surface area (Å²) in [5.41, 5.74) is -1.67. The molecule has 2 nitrogen and oxygen atoms in total. The molecule has 74 valence electrons. The molecule has 0 bridgehead atoms. The number of rotatable bonds is 1. The zero-order chi connectivity index (χ0) is 10.8. The summed E-state index contributed by atoms with van der Waals surface area (Å²) in [4.78, 5) is 3.01. The molecule has 0 aliphatic heterocycles. The lowest BCUT2D eigenvalue weighted by Crippen LogP contribution is -2.10. The van der Waals surface area contributed by atoms with Crippen LogP contribution in [0.15, 0.2) is 12.1 Å². The Bertz CT molecular complexity index is 378. The molecule has 0 fully saturated rings. The average Bonchev–Trinajstić information content (AvgIpc) is 2.07. The van der Waals surface area contributed by atoms with Gasteiger partial charge in [-0.05, 0) is 12.1 Å². The van der Waals surface area contributed by atoms with Crippen LogP contribution in [-0.4, -0.2) is 4.98 Å². The van der Waals surface area contributed by atoms with Gasteiger partial charge in [0, 0.05) is 0 Å². The van der Waals surface area contributed by atoms with E-state index in [1.165, 1.54) is 6.07 Å². The van der Waals surface area contributed by atoms with Gasteiger partial charge in [0.05, 0.1) is 18.2 Å². The number of alkyl halides is 3. The van der Waals surface area contributed by atoms with Gasteiger partial charge in [-0.2, -0.15) is 18.4 Å². The minimum absolute atomic E-state index is 0.476. The molecule has 0 spiro atoms. The molecule has 0 aliphatic rings. The van der Waals surface area contributed by atoms with E-state index in [1.807, 2.05) is 0 Å². The van der Waals surface area contributed by atoms with Crippen LogP contribution in [0.3, 0.4) is 0 Å². The molecule has 1 rings (SSSR count). The number of hydrogen-bond donors (Lipinski definition) is 0. The van der Waals surface area contributed by atoms with E-state index >= 15 is 0 Å². The molecule has 0 unspecified atom stereocenters. The van der Waals surface area contributed by atoms with E-state index in [1.54, 1.807) is 0 Å². The maximum absolute atomic E-state index is 12.8. The highest BCUT2D eigenvalue weighted by molar-refractivity contribution is 5.17. The van der Waals surface area contributed by atoms with Crippen molar-refractivity contribution in [3.8, 4) is 6.07 Å². The molecule has 0 N–H and O–H groups in total. The molecule has 1 heterocycles. The normalized spacial score (nSPS) is 11.1. The Morgan fingerprint density at radius 2 is 2.00 bits per heavy atom.